The first-order valence-electron chi connectivity index (χ1n) is 8.52. The Morgan fingerprint density at radius 2 is 1.69 bits per heavy atom. The lowest BCUT2D eigenvalue weighted by Gasteiger charge is -2.18. The van der Waals surface area contributed by atoms with Gasteiger partial charge in [0.2, 0.25) is 0 Å². The van der Waals surface area contributed by atoms with Gasteiger partial charge in [-0.25, -0.2) is 0 Å². The number of hydrogen-bond donors (Lipinski definition) is 0. The van der Waals surface area contributed by atoms with Gasteiger partial charge in [0, 0.05) is 16.7 Å². The molecule has 0 aliphatic rings. The van der Waals surface area contributed by atoms with Gasteiger partial charge >= 0.3 is 0 Å². The molecule has 2 rings (SSSR count). The lowest BCUT2D eigenvalue weighted by Crippen LogP contribution is -2.10. The fourth-order valence-electron chi connectivity index (χ4n) is 2.61. The van der Waals surface area contributed by atoms with E-state index in [-0.39, 0.29) is 5.41 Å². The first-order valence-corrected chi connectivity index (χ1v) is 8.52. The van der Waals surface area contributed by atoms with Crippen LogP contribution in [0.4, 0.5) is 0 Å². The highest BCUT2D eigenvalue weighted by molar-refractivity contribution is 5.80. The van der Waals surface area contributed by atoms with E-state index in [9.17, 15) is 5.26 Å². The molecule has 0 bridgehead atoms. The Kier molecular flexibility index (Phi) is 6.00. The molecule has 1 heteroatoms. The molecule has 128 valence electrons. The van der Waals surface area contributed by atoms with E-state index in [1.807, 2.05) is 36.4 Å². The fraction of sp³-hybridized carbons (Fsp3) is 0.160. The molecule has 0 aliphatic carbocycles. The maximum Gasteiger partial charge on any atom is 0.101 e. The van der Waals surface area contributed by atoms with Crippen LogP contribution in [0.5, 0.6) is 0 Å². The Morgan fingerprint density at radius 3 is 2.23 bits per heavy atom. The molecule has 0 aliphatic heterocycles. The SMILES string of the molecule is C=C/C=C(\C=C)c1cccc(C#Cc2ccc(C(C)(C)C)cc2)c1C#N. The van der Waals surface area contributed by atoms with Crippen molar-refractivity contribution in [2.75, 3.05) is 0 Å². The van der Waals surface area contributed by atoms with Crippen molar-refractivity contribution in [3.63, 3.8) is 0 Å². The third-order valence-electron chi connectivity index (χ3n) is 4.10. The molecule has 1 nitrogen and oxygen atoms in total. The van der Waals surface area contributed by atoms with Gasteiger partial charge in [-0.2, -0.15) is 5.26 Å². The Balaban J connectivity index is 2.45. The summed E-state index contributed by atoms with van der Waals surface area (Å²) >= 11 is 0. The predicted molar refractivity (Wildman–Crippen MR) is 111 cm³/mol. The standard InChI is InChI=1S/C25H23N/c1-6-9-20(7-2)23-11-8-10-21(24(23)18-26)15-12-19-13-16-22(17-14-19)25(3,4)5/h6-11,13-14,16-17H,1-2H2,3-5H3/b20-9+. The van der Waals surface area contributed by atoms with Gasteiger partial charge in [-0.15, -0.1) is 0 Å². The van der Waals surface area contributed by atoms with Gasteiger partial charge < -0.3 is 0 Å². The second-order valence-electron chi connectivity index (χ2n) is 6.98. The van der Waals surface area contributed by atoms with Gasteiger partial charge in [-0.3, -0.25) is 0 Å². The third kappa shape index (κ3) is 4.41. The molecule has 2 aromatic carbocycles. The van der Waals surface area contributed by atoms with Crippen LogP contribution in [0.15, 0.2) is 73.9 Å². The second kappa shape index (κ2) is 8.19. The van der Waals surface area contributed by atoms with Gasteiger partial charge in [-0.1, -0.05) is 88.3 Å². The average molecular weight is 337 g/mol. The van der Waals surface area contributed by atoms with E-state index in [1.165, 1.54) is 5.56 Å². The maximum absolute atomic E-state index is 9.63. The minimum Gasteiger partial charge on any atom is -0.192 e. The summed E-state index contributed by atoms with van der Waals surface area (Å²) < 4.78 is 0. The largest absolute Gasteiger partial charge is 0.192 e. The minimum atomic E-state index is 0.118. The Morgan fingerprint density at radius 1 is 1.00 bits per heavy atom. The van der Waals surface area contributed by atoms with Gasteiger partial charge in [-0.05, 0) is 34.8 Å². The molecule has 0 saturated heterocycles. The van der Waals surface area contributed by atoms with Crippen molar-refractivity contribution in [3.8, 4) is 17.9 Å². The third-order valence-corrected chi connectivity index (χ3v) is 4.10. The monoisotopic (exact) mass is 337 g/mol. The number of nitriles is 1. The van der Waals surface area contributed by atoms with Crippen LogP contribution in [0.3, 0.4) is 0 Å². The predicted octanol–water partition coefficient (Wildman–Crippen LogP) is 6.01. The number of benzene rings is 2. The van der Waals surface area contributed by atoms with Crippen molar-refractivity contribution in [1.29, 1.82) is 5.26 Å². The van der Waals surface area contributed by atoms with Crippen LogP contribution in [-0.4, -0.2) is 0 Å². The highest BCUT2D eigenvalue weighted by Gasteiger charge is 2.12. The number of allylic oxidation sites excluding steroid dienone is 4. The number of rotatable bonds is 3. The lowest BCUT2D eigenvalue weighted by atomic mass is 9.87. The summed E-state index contributed by atoms with van der Waals surface area (Å²) in [5, 5.41) is 9.63. The van der Waals surface area contributed by atoms with E-state index < -0.39 is 0 Å². The maximum atomic E-state index is 9.63. The minimum absolute atomic E-state index is 0.118. The van der Waals surface area contributed by atoms with Gasteiger partial charge in [0.05, 0.1) is 5.56 Å². The summed E-state index contributed by atoms with van der Waals surface area (Å²) in [4.78, 5) is 0. The van der Waals surface area contributed by atoms with E-state index in [0.29, 0.717) is 11.1 Å². The van der Waals surface area contributed by atoms with Crippen molar-refractivity contribution in [1.82, 2.24) is 0 Å². The molecule has 0 unspecified atom stereocenters. The summed E-state index contributed by atoms with van der Waals surface area (Å²) in [6, 6.07) is 16.2. The van der Waals surface area contributed by atoms with Crippen LogP contribution in [0.2, 0.25) is 0 Å². The van der Waals surface area contributed by atoms with Crippen molar-refractivity contribution >= 4 is 5.57 Å². The van der Waals surface area contributed by atoms with Gasteiger partial charge in [0.15, 0.2) is 0 Å². The summed E-state index contributed by atoms with van der Waals surface area (Å²) in [6.07, 6.45) is 5.25. The zero-order chi connectivity index (χ0) is 19.2. The van der Waals surface area contributed by atoms with Crippen molar-refractivity contribution in [2.24, 2.45) is 0 Å². The van der Waals surface area contributed by atoms with Gasteiger partial charge in [0.25, 0.3) is 0 Å². The fourth-order valence-corrected chi connectivity index (χ4v) is 2.61. The van der Waals surface area contributed by atoms with Crippen molar-refractivity contribution < 1.29 is 0 Å². The van der Waals surface area contributed by atoms with Crippen LogP contribution in [-0.2, 0) is 5.41 Å². The lowest BCUT2D eigenvalue weighted by molar-refractivity contribution is 0.590. The highest BCUT2D eigenvalue weighted by atomic mass is 14.3. The normalized spacial score (nSPS) is 11.1. The quantitative estimate of drug-likeness (QED) is 0.497. The second-order valence-corrected chi connectivity index (χ2v) is 6.98. The van der Waals surface area contributed by atoms with Crippen LogP contribution < -0.4 is 0 Å². The topological polar surface area (TPSA) is 23.8 Å². The molecule has 0 aromatic heterocycles. The summed E-state index contributed by atoms with van der Waals surface area (Å²) in [7, 11) is 0. The molecular formula is C25H23N. The van der Waals surface area contributed by atoms with E-state index in [4.69, 9.17) is 0 Å². The molecule has 0 radical (unpaired) electrons. The number of hydrogen-bond acceptors (Lipinski definition) is 1. The molecule has 0 heterocycles. The zero-order valence-electron chi connectivity index (χ0n) is 15.6. The molecular weight excluding hydrogens is 314 g/mol. The van der Waals surface area contributed by atoms with E-state index in [0.717, 1.165) is 16.7 Å². The summed E-state index contributed by atoms with van der Waals surface area (Å²) in [5.74, 6) is 6.30. The Hall–Kier alpha value is -3.29. The molecule has 0 spiro atoms. The molecule has 0 atom stereocenters. The number of nitrogens with zero attached hydrogens (tertiary/aromatic N) is 1. The Bertz CT molecular complexity index is 946. The first-order chi connectivity index (χ1) is 12.4. The molecule has 0 amide bonds. The molecule has 0 N–H and O–H groups in total. The average Bonchev–Trinajstić information content (AvgIpc) is 2.63. The van der Waals surface area contributed by atoms with Crippen molar-refractivity contribution in [3.05, 3.63) is 102 Å². The van der Waals surface area contributed by atoms with Crippen LogP contribution in [0.25, 0.3) is 5.57 Å². The van der Waals surface area contributed by atoms with Gasteiger partial charge in [0.1, 0.15) is 6.07 Å². The van der Waals surface area contributed by atoms with E-state index in [1.54, 1.807) is 12.2 Å². The van der Waals surface area contributed by atoms with E-state index in [2.05, 4.69) is 64.0 Å². The molecule has 2 aromatic rings. The first kappa shape index (κ1) is 19.0. The van der Waals surface area contributed by atoms with Crippen molar-refractivity contribution in [2.45, 2.75) is 26.2 Å². The smallest absolute Gasteiger partial charge is 0.101 e. The van der Waals surface area contributed by atoms with Crippen LogP contribution in [0, 0.1) is 23.2 Å². The van der Waals surface area contributed by atoms with Crippen LogP contribution in [0.1, 0.15) is 48.6 Å². The molecule has 26 heavy (non-hydrogen) atoms. The highest BCUT2D eigenvalue weighted by Crippen LogP contribution is 2.24. The zero-order valence-corrected chi connectivity index (χ0v) is 15.6. The van der Waals surface area contributed by atoms with E-state index >= 15 is 0 Å². The Labute approximate surface area is 157 Å². The summed E-state index contributed by atoms with van der Waals surface area (Å²) in [5.41, 5.74) is 5.26. The summed E-state index contributed by atoms with van der Waals surface area (Å²) in [6.45, 7) is 14.1. The van der Waals surface area contributed by atoms with Crippen LogP contribution >= 0.6 is 0 Å². The molecule has 0 saturated carbocycles. The molecule has 0 fully saturated rings.